The smallest absolute Gasteiger partial charge is 0.416 e. The van der Waals surface area contributed by atoms with Gasteiger partial charge in [0.25, 0.3) is 11.8 Å². The summed E-state index contributed by atoms with van der Waals surface area (Å²) in [6.45, 7) is 10.3. The van der Waals surface area contributed by atoms with E-state index in [0.717, 1.165) is 12.4 Å². The van der Waals surface area contributed by atoms with E-state index in [1.165, 1.54) is 16.8 Å². The molecule has 8 N–H and O–H groups in total. The molecule has 1 aromatic heterocycles. The number of carbonyl (C=O) groups excluding carboxylic acids is 6. The van der Waals surface area contributed by atoms with Crippen LogP contribution in [0.15, 0.2) is 36.7 Å². The summed E-state index contributed by atoms with van der Waals surface area (Å²) in [5, 5.41) is 9.43. The molecule has 20 nitrogen and oxygen atoms in total. The second-order valence-corrected chi connectivity index (χ2v) is 19.1. The van der Waals surface area contributed by atoms with E-state index in [0.29, 0.717) is 49.9 Å². The number of amides is 6. The third kappa shape index (κ3) is 18.8. The summed E-state index contributed by atoms with van der Waals surface area (Å²) in [6, 6.07) is 3.12. The van der Waals surface area contributed by atoms with Gasteiger partial charge >= 0.3 is 24.5 Å². The van der Waals surface area contributed by atoms with Gasteiger partial charge in [0, 0.05) is 45.5 Å². The number of rotatable bonds is 21. The van der Waals surface area contributed by atoms with Gasteiger partial charge in [-0.05, 0) is 111 Å². The minimum atomic E-state index is -5.03. The molecule has 0 aliphatic carbocycles. The summed E-state index contributed by atoms with van der Waals surface area (Å²) in [5.41, 5.74) is 3.37. The lowest BCUT2D eigenvalue weighted by atomic mass is 10.1. The van der Waals surface area contributed by atoms with Crippen molar-refractivity contribution < 1.29 is 74.1 Å². The molecule has 3 aromatic rings. The summed E-state index contributed by atoms with van der Waals surface area (Å²) in [4.78, 5) is 89.6. The van der Waals surface area contributed by atoms with Crippen molar-refractivity contribution in [1.82, 2.24) is 19.8 Å². The predicted octanol–water partition coefficient (Wildman–Crippen LogP) is 8.18. The molecule has 0 bridgehead atoms. The highest BCUT2D eigenvalue weighted by Gasteiger charge is 2.37. The number of hydrogen-bond acceptors (Lipinski definition) is 14. The maximum Gasteiger partial charge on any atom is 0.416 e. The number of ether oxygens (including phenoxy) is 4. The lowest BCUT2D eigenvalue weighted by Gasteiger charge is -2.25. The molecule has 0 unspecified atom stereocenters. The van der Waals surface area contributed by atoms with E-state index in [1.54, 1.807) is 41.5 Å². The first-order valence-electron chi connectivity index (χ1n) is 23.6. The van der Waals surface area contributed by atoms with Gasteiger partial charge in [0.15, 0.2) is 11.5 Å². The lowest BCUT2D eigenvalue weighted by molar-refractivity contribution is -0.138. The predicted molar refractivity (Wildman–Crippen MR) is 260 cm³/mol. The second-order valence-electron chi connectivity index (χ2n) is 19.1. The maximum absolute atomic E-state index is 14.5. The zero-order valence-electron chi connectivity index (χ0n) is 42.2. The molecule has 74 heavy (non-hydrogen) atoms. The third-order valence-electron chi connectivity index (χ3n) is 10.4. The van der Waals surface area contributed by atoms with Crippen molar-refractivity contribution >= 4 is 58.6 Å². The molecule has 0 saturated carbocycles. The van der Waals surface area contributed by atoms with Crippen molar-refractivity contribution in [2.75, 3.05) is 67.6 Å². The van der Waals surface area contributed by atoms with Gasteiger partial charge in [0.2, 0.25) is 11.8 Å². The molecule has 1 fully saturated rings. The fraction of sp³-hybridized carbons (Fsp3) is 0.542. The second kappa shape index (κ2) is 25.8. The van der Waals surface area contributed by atoms with Crippen molar-refractivity contribution in [3.63, 3.8) is 0 Å². The van der Waals surface area contributed by atoms with Crippen molar-refractivity contribution in [1.29, 1.82) is 0 Å². The first-order chi connectivity index (χ1) is 34.5. The van der Waals surface area contributed by atoms with Crippen LogP contribution < -0.4 is 42.2 Å². The molecule has 26 heteroatoms. The molecule has 1 aliphatic heterocycles. The molecule has 4 rings (SSSR count). The van der Waals surface area contributed by atoms with E-state index in [1.807, 2.05) is 0 Å². The van der Waals surface area contributed by atoms with Crippen LogP contribution in [0.4, 0.5) is 58.7 Å². The third-order valence-corrected chi connectivity index (χ3v) is 10.4. The molecule has 1 aliphatic rings. The van der Waals surface area contributed by atoms with Crippen molar-refractivity contribution in [3.8, 4) is 11.5 Å². The standard InChI is InChI=1S/C48H64F6N10O10/c1-45(2,3)73-43(69)63(7)18-12-20-71-39-31(59-37(65)13-8-10-16-55)21-28(47(49,50)51)22-32(39)61-41(67)35-25-36(58-27-57-35)42(68)62-34-24-29(48(52,53)54)23-33(60-38(66)14-9-11-17-56)40(34)72-30-15-19-64(26-30)44(70)74-46(4,5)6/h21-25,27,30H,8-20,26,55-56H2,1-7H3,(H,59,65)(H,60,66)(H,61,67)(H,62,68)/t30-/m1/s1. The van der Waals surface area contributed by atoms with E-state index in [4.69, 9.17) is 30.4 Å². The largest absolute Gasteiger partial charge is 0.489 e. The van der Waals surface area contributed by atoms with Gasteiger partial charge in [-0.15, -0.1) is 0 Å². The highest BCUT2D eigenvalue weighted by molar-refractivity contribution is 6.09. The van der Waals surface area contributed by atoms with Crippen molar-refractivity contribution in [3.05, 3.63) is 59.2 Å². The van der Waals surface area contributed by atoms with Crippen molar-refractivity contribution in [2.24, 2.45) is 11.5 Å². The van der Waals surface area contributed by atoms with E-state index in [-0.39, 0.29) is 65.0 Å². The number of benzene rings is 2. The average molecular weight is 1060 g/mol. The number of anilines is 4. The minimum absolute atomic E-state index is 0.0520. The summed E-state index contributed by atoms with van der Waals surface area (Å²) in [7, 11) is 1.45. The average Bonchev–Trinajstić information content (AvgIpc) is 3.76. The summed E-state index contributed by atoms with van der Waals surface area (Å²) in [5.74, 6) is -4.70. The Balaban J connectivity index is 1.71. The van der Waals surface area contributed by atoms with E-state index < -0.39 is 122 Å². The fourth-order valence-electron chi connectivity index (χ4n) is 6.89. The first kappa shape index (κ1) is 59.6. The molecule has 408 valence electrons. The normalized spacial score (nSPS) is 13.9. The monoisotopic (exact) mass is 1050 g/mol. The Kier molecular flexibility index (Phi) is 20.8. The number of aromatic nitrogens is 2. The Hall–Kier alpha value is -6.96. The molecular formula is C48H64F6N10O10. The Morgan fingerprint density at radius 3 is 1.58 bits per heavy atom. The van der Waals surface area contributed by atoms with E-state index in [2.05, 4.69) is 31.2 Å². The molecule has 0 spiro atoms. The molecule has 1 atom stereocenters. The number of hydrogen-bond donors (Lipinski definition) is 6. The maximum atomic E-state index is 14.5. The van der Waals surface area contributed by atoms with Gasteiger partial charge in [-0.1, -0.05) is 0 Å². The quantitative estimate of drug-likeness (QED) is 0.0434. The fourth-order valence-corrected chi connectivity index (χ4v) is 6.89. The van der Waals surface area contributed by atoms with Gasteiger partial charge < -0.3 is 61.5 Å². The molecule has 2 heterocycles. The zero-order valence-corrected chi connectivity index (χ0v) is 42.2. The van der Waals surface area contributed by atoms with Crippen LogP contribution in [0.1, 0.15) is 125 Å². The molecule has 1 saturated heterocycles. The van der Waals surface area contributed by atoms with Gasteiger partial charge in [0.1, 0.15) is 35.0 Å². The van der Waals surface area contributed by atoms with Crippen LogP contribution in [-0.4, -0.2) is 119 Å². The van der Waals surface area contributed by atoms with Crippen LogP contribution in [0.2, 0.25) is 0 Å². The van der Waals surface area contributed by atoms with Gasteiger partial charge in [-0.2, -0.15) is 26.3 Å². The van der Waals surface area contributed by atoms with Crippen LogP contribution in [0, 0.1) is 0 Å². The summed E-state index contributed by atoms with van der Waals surface area (Å²) < 4.78 is 110. The molecule has 2 aromatic carbocycles. The number of nitrogens with one attached hydrogen (secondary N) is 4. The van der Waals surface area contributed by atoms with Crippen LogP contribution in [0.25, 0.3) is 0 Å². The van der Waals surface area contributed by atoms with Crippen LogP contribution in [0.5, 0.6) is 11.5 Å². The zero-order chi connectivity index (χ0) is 55.2. The number of nitrogens with two attached hydrogens (primary N) is 2. The number of unbranched alkanes of at least 4 members (excludes halogenated alkanes) is 2. The van der Waals surface area contributed by atoms with Crippen molar-refractivity contribution in [2.45, 2.75) is 123 Å². The molecular weight excluding hydrogens is 991 g/mol. The highest BCUT2D eigenvalue weighted by atomic mass is 19.4. The van der Waals surface area contributed by atoms with Gasteiger partial charge in [-0.25, -0.2) is 19.6 Å². The summed E-state index contributed by atoms with van der Waals surface area (Å²) in [6.07, 6.45) is -10.1. The number of likely N-dealkylation sites (tertiary alicyclic amines) is 1. The number of carbonyl (C=O) groups is 6. The van der Waals surface area contributed by atoms with Crippen LogP contribution >= 0.6 is 0 Å². The Morgan fingerprint density at radius 1 is 0.662 bits per heavy atom. The van der Waals surface area contributed by atoms with Crippen LogP contribution in [0.3, 0.4) is 0 Å². The molecule has 6 amide bonds. The minimum Gasteiger partial charge on any atom is -0.489 e. The Bertz CT molecular complexity index is 2480. The number of alkyl halides is 6. The Labute approximate surface area is 423 Å². The first-order valence-corrected chi connectivity index (χ1v) is 23.6. The lowest BCUT2D eigenvalue weighted by Crippen LogP contribution is -2.36. The number of halogens is 6. The SMILES string of the molecule is CN(CCCOc1c(NC(=O)CCCCN)cc(C(F)(F)F)cc1NC(=O)c1cc(C(=O)Nc2cc(C(F)(F)F)cc(NC(=O)CCCCN)c2O[C@@H]2CCN(C(=O)OC(C)(C)C)C2)ncn1)C(=O)OC(C)(C)C. The highest BCUT2D eigenvalue weighted by Crippen LogP contribution is 2.43. The van der Waals surface area contributed by atoms with E-state index >= 15 is 0 Å². The molecule has 0 radical (unpaired) electrons. The topological polar surface area (TPSA) is 272 Å². The van der Waals surface area contributed by atoms with E-state index in [9.17, 15) is 55.1 Å². The van der Waals surface area contributed by atoms with Crippen LogP contribution in [-0.2, 0) is 31.4 Å². The van der Waals surface area contributed by atoms with Gasteiger partial charge in [0.05, 0.1) is 47.0 Å². The van der Waals surface area contributed by atoms with Gasteiger partial charge in [-0.3, -0.25) is 19.2 Å². The summed E-state index contributed by atoms with van der Waals surface area (Å²) >= 11 is 0. The Morgan fingerprint density at radius 2 is 1.12 bits per heavy atom. The number of nitrogens with zero attached hydrogens (tertiary/aromatic N) is 4.